The van der Waals surface area contributed by atoms with Crippen LogP contribution >= 0.6 is 11.6 Å². The Morgan fingerprint density at radius 3 is 2.09 bits per heavy atom. The van der Waals surface area contributed by atoms with E-state index in [0.29, 0.717) is 0 Å². The van der Waals surface area contributed by atoms with Crippen molar-refractivity contribution in [2.75, 3.05) is 4.72 Å². The fourth-order valence-electron chi connectivity index (χ4n) is 2.48. The molecule has 0 radical (unpaired) electrons. The number of halogens is 10. The maximum absolute atomic E-state index is 13.1. The zero-order valence-corrected chi connectivity index (χ0v) is 17.9. The smallest absolute Gasteiger partial charge is 0.275 e. The Hall–Kier alpha value is -2.65. The van der Waals surface area contributed by atoms with Gasteiger partial charge >= 0.3 is 27.9 Å². The molecule has 0 saturated carbocycles. The molecule has 2 aromatic carbocycles. The first-order chi connectivity index (χ1) is 15.3. The van der Waals surface area contributed by atoms with Crippen LogP contribution < -0.4 is 10.2 Å². The van der Waals surface area contributed by atoms with Crippen molar-refractivity contribution in [3.63, 3.8) is 0 Å². The van der Waals surface area contributed by atoms with Crippen molar-refractivity contribution in [1.29, 1.82) is 0 Å². The molecule has 16 heteroatoms. The summed E-state index contributed by atoms with van der Waals surface area (Å²) in [5, 5.41) is -0.0925. The van der Waals surface area contributed by atoms with Crippen LogP contribution in [0.5, 0.6) is 0 Å². The molecule has 0 unspecified atom stereocenters. The number of anilines is 1. The number of sulfonamides is 1. The second kappa shape index (κ2) is 9.54. The largest absolute Gasteiger partial charge is 0.516 e. The molecule has 2 N–H and O–H groups in total. The van der Waals surface area contributed by atoms with E-state index in [1.807, 2.05) is 5.48 Å². The fraction of sp³-hybridized carbons (Fsp3) is 0.222. The van der Waals surface area contributed by atoms with Gasteiger partial charge in [-0.2, -0.15) is 47.9 Å². The van der Waals surface area contributed by atoms with Crippen molar-refractivity contribution in [2.24, 2.45) is 0 Å². The molecule has 0 atom stereocenters. The van der Waals surface area contributed by atoms with Gasteiger partial charge < -0.3 is 0 Å². The summed E-state index contributed by atoms with van der Waals surface area (Å²) in [6, 6.07) is 3.52. The average Bonchev–Trinajstić information content (AvgIpc) is 2.66. The lowest BCUT2D eigenvalue weighted by atomic mass is 10.0. The average molecular weight is 543 g/mol. The van der Waals surface area contributed by atoms with Crippen molar-refractivity contribution in [3.05, 3.63) is 70.3 Å². The molecule has 0 heterocycles. The molecule has 34 heavy (non-hydrogen) atoms. The number of nitrogens with one attached hydrogen (secondary N) is 2. The molecular weight excluding hydrogens is 531 g/mol. The molecule has 0 spiro atoms. The predicted octanol–water partition coefficient (Wildman–Crippen LogP) is 6.33. The summed E-state index contributed by atoms with van der Waals surface area (Å²) in [6.45, 7) is 2.28. The van der Waals surface area contributed by atoms with E-state index < -0.39 is 62.6 Å². The van der Waals surface area contributed by atoms with E-state index in [4.69, 9.17) is 16.4 Å². The Labute approximate surface area is 191 Å². The third kappa shape index (κ3) is 6.70. The van der Waals surface area contributed by atoms with E-state index in [0.717, 1.165) is 18.2 Å². The van der Waals surface area contributed by atoms with Crippen LogP contribution in [0, 0.1) is 0 Å². The van der Waals surface area contributed by atoms with Gasteiger partial charge in [0.15, 0.2) is 0 Å². The molecule has 0 amide bonds. The second-order valence-electron chi connectivity index (χ2n) is 6.48. The number of hydrogen-bond donors (Lipinski definition) is 2. The number of hydrogen-bond acceptors (Lipinski definition) is 4. The fourth-order valence-corrected chi connectivity index (χ4v) is 3.24. The summed E-state index contributed by atoms with van der Waals surface area (Å²) in [4.78, 5) is 4.77. The van der Waals surface area contributed by atoms with Gasteiger partial charge in [0.25, 0.3) is 0 Å². The molecule has 0 aliphatic heterocycles. The number of hydroxylamine groups is 1. The summed E-state index contributed by atoms with van der Waals surface area (Å²) in [7, 11) is -5.86. The highest BCUT2D eigenvalue weighted by Crippen LogP contribution is 2.37. The number of rotatable bonds is 7. The van der Waals surface area contributed by atoms with Gasteiger partial charge in [0.05, 0.1) is 22.5 Å². The van der Waals surface area contributed by atoms with Crippen LogP contribution in [0.15, 0.2) is 43.0 Å². The normalized spacial score (nSPS) is 13.0. The highest BCUT2D eigenvalue weighted by atomic mass is 35.5. The Kier molecular flexibility index (Phi) is 7.74. The van der Waals surface area contributed by atoms with Crippen molar-refractivity contribution in [1.82, 2.24) is 5.48 Å². The summed E-state index contributed by atoms with van der Waals surface area (Å²) in [5.41, 5.74) is -8.95. The Morgan fingerprint density at radius 2 is 1.56 bits per heavy atom. The van der Waals surface area contributed by atoms with Crippen molar-refractivity contribution < 1.29 is 52.8 Å². The predicted molar refractivity (Wildman–Crippen MR) is 103 cm³/mol. The van der Waals surface area contributed by atoms with Crippen LogP contribution in [0.3, 0.4) is 0 Å². The highest BCUT2D eigenvalue weighted by Gasteiger charge is 2.46. The quantitative estimate of drug-likeness (QED) is 0.317. The van der Waals surface area contributed by atoms with Crippen LogP contribution in [0.25, 0.3) is 5.70 Å². The van der Waals surface area contributed by atoms with E-state index in [-0.39, 0.29) is 28.8 Å². The third-order valence-electron chi connectivity index (χ3n) is 4.02. The first-order valence-electron chi connectivity index (χ1n) is 8.56. The van der Waals surface area contributed by atoms with Crippen molar-refractivity contribution in [3.8, 4) is 0 Å². The SMILES string of the molecule is C=C(NOCc1cc(C(F)(F)F)ccc1C(F)(F)F)c1cc(Cl)ccc1NS(=O)(=O)C(F)(F)F. The van der Waals surface area contributed by atoms with E-state index in [1.165, 1.54) is 4.72 Å². The Bertz CT molecular complexity index is 1180. The molecule has 0 aliphatic rings. The minimum atomic E-state index is -5.86. The molecule has 5 nitrogen and oxygen atoms in total. The molecule has 2 aromatic rings. The zero-order chi connectivity index (χ0) is 26.1. The van der Waals surface area contributed by atoms with Gasteiger partial charge in [-0.25, -0.2) is 0 Å². The minimum absolute atomic E-state index is 0.0925. The van der Waals surface area contributed by atoms with Gasteiger partial charge in [0.1, 0.15) is 6.61 Å². The van der Waals surface area contributed by atoms with Crippen LogP contribution in [-0.4, -0.2) is 13.9 Å². The summed E-state index contributed by atoms with van der Waals surface area (Å²) in [6.07, 6.45) is -9.96. The minimum Gasteiger partial charge on any atom is -0.275 e. The zero-order valence-electron chi connectivity index (χ0n) is 16.3. The van der Waals surface area contributed by atoms with Gasteiger partial charge in [-0.05, 0) is 42.0 Å². The summed E-state index contributed by atoms with van der Waals surface area (Å²) >= 11 is 5.74. The second-order valence-corrected chi connectivity index (χ2v) is 8.59. The maximum atomic E-state index is 13.1. The van der Waals surface area contributed by atoms with Crippen molar-refractivity contribution in [2.45, 2.75) is 24.5 Å². The summed E-state index contributed by atoms with van der Waals surface area (Å²) in [5.74, 6) is 0. The molecule has 0 bridgehead atoms. The van der Waals surface area contributed by atoms with E-state index in [1.54, 1.807) is 0 Å². The molecular formula is C18H12ClF9N2O3S. The van der Waals surface area contributed by atoms with E-state index in [2.05, 4.69) is 6.58 Å². The van der Waals surface area contributed by atoms with Crippen LogP contribution in [0.1, 0.15) is 22.3 Å². The molecule has 2 rings (SSSR count). The van der Waals surface area contributed by atoms with Gasteiger partial charge in [-0.15, -0.1) is 0 Å². The van der Waals surface area contributed by atoms with Crippen LogP contribution in [0.2, 0.25) is 5.02 Å². The third-order valence-corrected chi connectivity index (χ3v) is 5.35. The highest BCUT2D eigenvalue weighted by molar-refractivity contribution is 7.93. The van der Waals surface area contributed by atoms with Gasteiger partial charge in [0, 0.05) is 10.6 Å². The van der Waals surface area contributed by atoms with Gasteiger partial charge in [0.2, 0.25) is 0 Å². The Balaban J connectivity index is 2.27. The summed E-state index contributed by atoms with van der Waals surface area (Å²) < 4.78 is 140. The molecule has 0 aromatic heterocycles. The van der Waals surface area contributed by atoms with Gasteiger partial charge in [-0.1, -0.05) is 18.2 Å². The number of alkyl halides is 9. The Morgan fingerprint density at radius 1 is 0.941 bits per heavy atom. The topological polar surface area (TPSA) is 67.4 Å². The first kappa shape index (κ1) is 27.6. The van der Waals surface area contributed by atoms with Crippen LogP contribution in [-0.2, 0) is 33.8 Å². The van der Waals surface area contributed by atoms with Gasteiger partial charge in [-0.3, -0.25) is 15.0 Å². The molecule has 188 valence electrons. The van der Waals surface area contributed by atoms with E-state index in [9.17, 15) is 47.9 Å². The van der Waals surface area contributed by atoms with Crippen molar-refractivity contribution >= 4 is 33.0 Å². The standard InChI is InChI=1S/C18H12ClF9N2O3S/c1-9(13-7-12(19)3-5-15(13)30-34(31,32)18(26,27)28)29-33-8-10-6-11(16(20,21)22)2-4-14(10)17(23,24)25/h2-7,29-30H,1,8H2. The molecule has 0 fully saturated rings. The monoisotopic (exact) mass is 542 g/mol. The van der Waals surface area contributed by atoms with Crippen LogP contribution in [0.4, 0.5) is 45.2 Å². The number of benzene rings is 2. The lowest BCUT2D eigenvalue weighted by Gasteiger charge is -2.18. The maximum Gasteiger partial charge on any atom is 0.516 e. The lowest BCUT2D eigenvalue weighted by molar-refractivity contribution is -0.142. The van der Waals surface area contributed by atoms with E-state index >= 15 is 0 Å². The first-order valence-corrected chi connectivity index (χ1v) is 10.4. The molecule has 0 aliphatic carbocycles. The molecule has 0 saturated heterocycles. The lowest BCUT2D eigenvalue weighted by Crippen LogP contribution is -2.30.